The van der Waals surface area contributed by atoms with Gasteiger partial charge in [-0.15, -0.1) is 0 Å². The van der Waals surface area contributed by atoms with Crippen LogP contribution in [0.1, 0.15) is 51.4 Å². The predicted octanol–water partition coefficient (Wildman–Crippen LogP) is 3.37. The summed E-state index contributed by atoms with van der Waals surface area (Å²) >= 11 is 4.23. The lowest BCUT2D eigenvalue weighted by molar-refractivity contribution is 0.108. The minimum Gasteiger partial charge on any atom is -0.380 e. The lowest BCUT2D eigenvalue weighted by Crippen LogP contribution is -2.23. The molecule has 17 heavy (non-hydrogen) atoms. The van der Waals surface area contributed by atoms with Crippen molar-refractivity contribution in [1.82, 2.24) is 4.90 Å². The Kier molecular flexibility index (Phi) is 9.21. The lowest BCUT2D eigenvalue weighted by atomic mass is 10.1. The van der Waals surface area contributed by atoms with E-state index in [1.807, 2.05) is 7.11 Å². The molecule has 3 heteroatoms. The molecule has 0 aromatic rings. The number of hydrogen-bond donors (Lipinski definition) is 1. The number of unbranched alkanes of at least 4 members (excludes halogenated alkanes) is 6. The number of methoxy groups -OCH3 is 1. The highest BCUT2D eigenvalue weighted by Crippen LogP contribution is 2.13. The van der Waals surface area contributed by atoms with Gasteiger partial charge in [-0.3, -0.25) is 0 Å². The Labute approximate surface area is 113 Å². The van der Waals surface area contributed by atoms with Crippen LogP contribution in [0.4, 0.5) is 0 Å². The molecule has 0 aliphatic carbocycles. The maximum Gasteiger partial charge on any atom is 0.0710 e. The Morgan fingerprint density at radius 1 is 1.06 bits per heavy atom. The third kappa shape index (κ3) is 7.32. The molecule has 0 radical (unpaired) electrons. The smallest absolute Gasteiger partial charge is 0.0710 e. The maximum absolute atomic E-state index is 5.38. The molecule has 0 saturated carbocycles. The molecule has 0 aromatic heterocycles. The standard InChI is InChI=1S/C14H29NOS/c1-16-14-9-11-15(13-14)10-7-5-3-2-4-6-8-12-17/h14,17H,2-13H2,1H3. The molecule has 1 atom stereocenters. The molecule has 1 unspecified atom stereocenters. The number of thiol groups is 1. The molecule has 1 rings (SSSR count). The molecule has 1 aliphatic rings. The highest BCUT2D eigenvalue weighted by Gasteiger charge is 2.20. The third-order valence-corrected chi connectivity index (χ3v) is 4.01. The molecule has 0 bridgehead atoms. The van der Waals surface area contributed by atoms with Crippen molar-refractivity contribution in [3.8, 4) is 0 Å². The Bertz CT molecular complexity index is 178. The van der Waals surface area contributed by atoms with E-state index in [-0.39, 0.29) is 0 Å². The van der Waals surface area contributed by atoms with Gasteiger partial charge in [-0.25, -0.2) is 0 Å². The van der Waals surface area contributed by atoms with Gasteiger partial charge in [-0.2, -0.15) is 12.6 Å². The number of likely N-dealkylation sites (tertiary alicyclic amines) is 1. The van der Waals surface area contributed by atoms with Gasteiger partial charge in [0.1, 0.15) is 0 Å². The summed E-state index contributed by atoms with van der Waals surface area (Å²) in [7, 11) is 1.83. The van der Waals surface area contributed by atoms with Crippen molar-refractivity contribution in [3.05, 3.63) is 0 Å². The zero-order valence-electron chi connectivity index (χ0n) is 11.4. The van der Waals surface area contributed by atoms with Crippen molar-refractivity contribution in [1.29, 1.82) is 0 Å². The third-order valence-electron chi connectivity index (χ3n) is 3.69. The molecule has 0 N–H and O–H groups in total. The first-order chi connectivity index (χ1) is 8.36. The highest BCUT2D eigenvalue weighted by molar-refractivity contribution is 7.80. The van der Waals surface area contributed by atoms with Crippen molar-refractivity contribution in [2.45, 2.75) is 57.5 Å². The zero-order valence-corrected chi connectivity index (χ0v) is 12.3. The van der Waals surface area contributed by atoms with E-state index in [1.165, 1.54) is 64.5 Å². The predicted molar refractivity (Wildman–Crippen MR) is 78.0 cm³/mol. The Morgan fingerprint density at radius 3 is 2.29 bits per heavy atom. The fraction of sp³-hybridized carbons (Fsp3) is 1.00. The largest absolute Gasteiger partial charge is 0.380 e. The zero-order chi connectivity index (χ0) is 12.3. The fourth-order valence-corrected chi connectivity index (χ4v) is 2.75. The van der Waals surface area contributed by atoms with Gasteiger partial charge in [0.05, 0.1) is 6.10 Å². The second-order valence-corrected chi connectivity index (χ2v) is 5.59. The lowest BCUT2D eigenvalue weighted by Gasteiger charge is -2.15. The van der Waals surface area contributed by atoms with E-state index < -0.39 is 0 Å². The normalized spacial score (nSPS) is 21.2. The quantitative estimate of drug-likeness (QED) is 0.477. The highest BCUT2D eigenvalue weighted by atomic mass is 32.1. The summed E-state index contributed by atoms with van der Waals surface area (Å²) in [6.45, 7) is 3.66. The van der Waals surface area contributed by atoms with Crippen LogP contribution in [0, 0.1) is 0 Å². The topological polar surface area (TPSA) is 12.5 Å². The Hall–Kier alpha value is 0.270. The summed E-state index contributed by atoms with van der Waals surface area (Å²) in [5.74, 6) is 1.05. The minimum atomic E-state index is 0.497. The maximum atomic E-state index is 5.38. The van der Waals surface area contributed by atoms with Gasteiger partial charge < -0.3 is 9.64 Å². The molecular weight excluding hydrogens is 230 g/mol. The van der Waals surface area contributed by atoms with Crippen LogP contribution in [0.5, 0.6) is 0 Å². The number of rotatable bonds is 10. The average molecular weight is 259 g/mol. The summed E-state index contributed by atoms with van der Waals surface area (Å²) in [6.07, 6.45) is 11.4. The number of hydrogen-bond acceptors (Lipinski definition) is 3. The first-order valence-electron chi connectivity index (χ1n) is 7.23. The van der Waals surface area contributed by atoms with Gasteiger partial charge in [0.2, 0.25) is 0 Å². The Morgan fingerprint density at radius 2 is 1.71 bits per heavy atom. The number of nitrogens with zero attached hydrogens (tertiary/aromatic N) is 1. The van der Waals surface area contributed by atoms with Crippen molar-refractivity contribution in [2.24, 2.45) is 0 Å². The molecule has 1 aliphatic heterocycles. The molecule has 0 aromatic carbocycles. The fourth-order valence-electron chi connectivity index (χ4n) is 2.52. The average Bonchev–Trinajstić information content (AvgIpc) is 2.80. The van der Waals surface area contributed by atoms with Crippen LogP contribution in [0.2, 0.25) is 0 Å². The van der Waals surface area contributed by atoms with Gasteiger partial charge in [-0.05, 0) is 31.6 Å². The first kappa shape index (κ1) is 15.3. The van der Waals surface area contributed by atoms with E-state index in [9.17, 15) is 0 Å². The van der Waals surface area contributed by atoms with Crippen LogP contribution in [0.3, 0.4) is 0 Å². The Balaban J connectivity index is 1.81. The van der Waals surface area contributed by atoms with E-state index in [4.69, 9.17) is 4.74 Å². The van der Waals surface area contributed by atoms with E-state index >= 15 is 0 Å². The van der Waals surface area contributed by atoms with E-state index in [0.29, 0.717) is 6.10 Å². The molecular formula is C14H29NOS. The van der Waals surface area contributed by atoms with E-state index in [0.717, 1.165) is 12.3 Å². The van der Waals surface area contributed by atoms with Crippen molar-refractivity contribution >= 4 is 12.6 Å². The van der Waals surface area contributed by atoms with Crippen LogP contribution in [-0.4, -0.2) is 43.5 Å². The molecule has 1 saturated heterocycles. The first-order valence-corrected chi connectivity index (χ1v) is 7.86. The van der Waals surface area contributed by atoms with E-state index in [2.05, 4.69) is 17.5 Å². The number of ether oxygens (including phenoxy) is 1. The van der Waals surface area contributed by atoms with Crippen LogP contribution >= 0.6 is 12.6 Å². The summed E-state index contributed by atoms with van der Waals surface area (Å²) in [5.41, 5.74) is 0. The van der Waals surface area contributed by atoms with Crippen LogP contribution in [-0.2, 0) is 4.74 Å². The summed E-state index contributed by atoms with van der Waals surface area (Å²) in [5, 5.41) is 0. The van der Waals surface area contributed by atoms with Crippen molar-refractivity contribution < 1.29 is 4.74 Å². The van der Waals surface area contributed by atoms with Gasteiger partial charge in [0.15, 0.2) is 0 Å². The second-order valence-electron chi connectivity index (χ2n) is 5.15. The molecule has 0 spiro atoms. The van der Waals surface area contributed by atoms with Gasteiger partial charge >= 0.3 is 0 Å². The monoisotopic (exact) mass is 259 g/mol. The van der Waals surface area contributed by atoms with Crippen molar-refractivity contribution in [2.75, 3.05) is 32.5 Å². The van der Waals surface area contributed by atoms with Crippen LogP contribution < -0.4 is 0 Å². The second kappa shape index (κ2) is 10.2. The van der Waals surface area contributed by atoms with Gasteiger partial charge in [0.25, 0.3) is 0 Å². The molecule has 2 nitrogen and oxygen atoms in total. The van der Waals surface area contributed by atoms with E-state index in [1.54, 1.807) is 0 Å². The molecule has 1 fully saturated rings. The molecule has 0 amide bonds. The summed E-state index contributed by atoms with van der Waals surface area (Å²) < 4.78 is 5.38. The summed E-state index contributed by atoms with van der Waals surface area (Å²) in [6, 6.07) is 0. The minimum absolute atomic E-state index is 0.497. The summed E-state index contributed by atoms with van der Waals surface area (Å²) in [4.78, 5) is 2.55. The molecule has 1 heterocycles. The molecule has 102 valence electrons. The van der Waals surface area contributed by atoms with Crippen LogP contribution in [0.25, 0.3) is 0 Å². The van der Waals surface area contributed by atoms with Gasteiger partial charge in [0, 0.05) is 20.2 Å². The van der Waals surface area contributed by atoms with Crippen LogP contribution in [0.15, 0.2) is 0 Å². The van der Waals surface area contributed by atoms with Crippen molar-refractivity contribution in [3.63, 3.8) is 0 Å². The van der Waals surface area contributed by atoms with Gasteiger partial charge in [-0.1, -0.05) is 32.1 Å². The SMILES string of the molecule is COC1CCN(CCCCCCCCCS)C1.